The molecule has 16 heavy (non-hydrogen) atoms. The van der Waals surface area contributed by atoms with Crippen molar-refractivity contribution in [2.24, 2.45) is 0 Å². The number of carbonyl (C=O) groups excluding carboxylic acids is 1. The van der Waals surface area contributed by atoms with E-state index < -0.39 is 6.09 Å². The fourth-order valence-corrected chi connectivity index (χ4v) is 1.68. The Morgan fingerprint density at radius 1 is 1.56 bits per heavy atom. The monoisotopic (exact) mass is 219 g/mol. The molecule has 0 spiro atoms. The highest BCUT2D eigenvalue weighted by molar-refractivity contribution is 5.95. The topological polar surface area (TPSA) is 70.1 Å². The highest BCUT2D eigenvalue weighted by Gasteiger charge is 2.13. The number of anilines is 1. The number of aromatic nitrogens is 2. The molecule has 2 N–H and O–H groups in total. The van der Waals surface area contributed by atoms with Crippen molar-refractivity contribution in [1.29, 1.82) is 0 Å². The normalized spacial score (nSPS) is 10.6. The van der Waals surface area contributed by atoms with E-state index in [9.17, 15) is 4.79 Å². The fourth-order valence-electron chi connectivity index (χ4n) is 1.68. The van der Waals surface area contributed by atoms with Crippen LogP contribution in [0.2, 0.25) is 0 Å². The first-order valence-corrected chi connectivity index (χ1v) is 5.04. The minimum absolute atomic E-state index is 0.311. The van der Waals surface area contributed by atoms with Crippen LogP contribution in [-0.4, -0.2) is 22.5 Å². The van der Waals surface area contributed by atoms with Crippen molar-refractivity contribution in [2.75, 3.05) is 12.3 Å². The Labute approximate surface area is 92.8 Å². The zero-order chi connectivity index (χ0) is 11.7. The molecule has 5 heteroatoms. The van der Waals surface area contributed by atoms with Crippen LogP contribution in [0, 0.1) is 6.92 Å². The Morgan fingerprint density at radius 3 is 3.00 bits per heavy atom. The molecule has 0 amide bonds. The molecule has 0 bridgehead atoms. The molecule has 0 atom stereocenters. The van der Waals surface area contributed by atoms with E-state index in [1.165, 1.54) is 4.68 Å². The minimum Gasteiger partial charge on any atom is -0.448 e. The van der Waals surface area contributed by atoms with Gasteiger partial charge in [-0.3, -0.25) is 0 Å². The molecule has 0 aliphatic carbocycles. The predicted octanol–water partition coefficient (Wildman–Crippen LogP) is 1.93. The Bertz CT molecular complexity index is 545. The third kappa shape index (κ3) is 1.60. The van der Waals surface area contributed by atoms with Crippen LogP contribution in [0.3, 0.4) is 0 Å². The van der Waals surface area contributed by atoms with E-state index in [0.717, 1.165) is 10.9 Å². The molecule has 0 radical (unpaired) electrons. The second-order valence-electron chi connectivity index (χ2n) is 3.55. The van der Waals surface area contributed by atoms with Crippen LogP contribution in [0.15, 0.2) is 18.3 Å². The Balaban J connectivity index is 2.60. The first kappa shape index (κ1) is 10.5. The standard InChI is InChI=1S/C11H13N3O2/c1-3-16-11(15)14-10-8(6-13-14)4-7(2)5-9(10)12/h4-6H,3,12H2,1-2H3. The quantitative estimate of drug-likeness (QED) is 0.744. The van der Waals surface area contributed by atoms with Gasteiger partial charge in [-0.1, -0.05) is 0 Å². The molecular formula is C11H13N3O2. The van der Waals surface area contributed by atoms with Gasteiger partial charge in [-0.05, 0) is 31.5 Å². The second-order valence-corrected chi connectivity index (χ2v) is 3.55. The first-order chi connectivity index (χ1) is 7.63. The third-order valence-corrected chi connectivity index (χ3v) is 2.28. The van der Waals surface area contributed by atoms with Crippen LogP contribution >= 0.6 is 0 Å². The van der Waals surface area contributed by atoms with Gasteiger partial charge in [0.1, 0.15) is 5.52 Å². The lowest BCUT2D eigenvalue weighted by molar-refractivity contribution is 0.151. The summed E-state index contributed by atoms with van der Waals surface area (Å²) in [6.45, 7) is 4.00. The summed E-state index contributed by atoms with van der Waals surface area (Å²) in [6, 6.07) is 3.73. The number of benzene rings is 1. The van der Waals surface area contributed by atoms with E-state index in [1.807, 2.05) is 13.0 Å². The average molecular weight is 219 g/mol. The molecule has 5 nitrogen and oxygen atoms in total. The first-order valence-electron chi connectivity index (χ1n) is 5.04. The fraction of sp³-hybridized carbons (Fsp3) is 0.273. The smallest absolute Gasteiger partial charge is 0.435 e. The summed E-state index contributed by atoms with van der Waals surface area (Å²) in [5.41, 5.74) is 8.03. The summed E-state index contributed by atoms with van der Waals surface area (Å²) >= 11 is 0. The summed E-state index contributed by atoms with van der Waals surface area (Å²) in [4.78, 5) is 11.6. The number of rotatable bonds is 1. The van der Waals surface area contributed by atoms with Gasteiger partial charge in [0.25, 0.3) is 0 Å². The van der Waals surface area contributed by atoms with Gasteiger partial charge in [0.05, 0.1) is 18.5 Å². The number of hydrogen-bond donors (Lipinski definition) is 1. The highest BCUT2D eigenvalue weighted by atomic mass is 16.5. The average Bonchev–Trinajstić information content (AvgIpc) is 2.61. The van der Waals surface area contributed by atoms with Crippen LogP contribution in [0.5, 0.6) is 0 Å². The third-order valence-electron chi connectivity index (χ3n) is 2.28. The summed E-state index contributed by atoms with van der Waals surface area (Å²) in [6.07, 6.45) is 1.10. The van der Waals surface area contributed by atoms with E-state index in [-0.39, 0.29) is 0 Å². The summed E-state index contributed by atoms with van der Waals surface area (Å²) in [7, 11) is 0. The van der Waals surface area contributed by atoms with E-state index in [0.29, 0.717) is 17.8 Å². The molecule has 1 aromatic carbocycles. The SMILES string of the molecule is CCOC(=O)n1ncc2cc(C)cc(N)c21. The van der Waals surface area contributed by atoms with Crippen molar-refractivity contribution in [3.8, 4) is 0 Å². The number of nitrogens with zero attached hydrogens (tertiary/aromatic N) is 2. The molecule has 84 valence electrons. The number of carbonyl (C=O) groups is 1. The molecular weight excluding hydrogens is 206 g/mol. The lowest BCUT2D eigenvalue weighted by Crippen LogP contribution is -2.15. The van der Waals surface area contributed by atoms with Gasteiger partial charge in [0.2, 0.25) is 0 Å². The second kappa shape index (κ2) is 3.84. The van der Waals surface area contributed by atoms with Gasteiger partial charge in [-0.2, -0.15) is 9.78 Å². The van der Waals surface area contributed by atoms with Crippen molar-refractivity contribution in [3.05, 3.63) is 23.9 Å². The van der Waals surface area contributed by atoms with Crippen molar-refractivity contribution in [1.82, 2.24) is 9.78 Å². The molecule has 0 aliphatic heterocycles. The molecule has 0 aliphatic rings. The number of aryl methyl sites for hydroxylation is 1. The minimum atomic E-state index is -0.506. The molecule has 1 aromatic heterocycles. The molecule has 0 saturated heterocycles. The number of fused-ring (bicyclic) bond motifs is 1. The molecule has 1 heterocycles. The Morgan fingerprint density at radius 2 is 2.31 bits per heavy atom. The van der Waals surface area contributed by atoms with Crippen molar-refractivity contribution in [3.63, 3.8) is 0 Å². The lowest BCUT2D eigenvalue weighted by atomic mass is 10.1. The summed E-state index contributed by atoms with van der Waals surface area (Å²) in [5.74, 6) is 0. The molecule has 2 aromatic rings. The molecule has 0 saturated carbocycles. The van der Waals surface area contributed by atoms with Gasteiger partial charge in [0, 0.05) is 5.39 Å². The van der Waals surface area contributed by atoms with Gasteiger partial charge in [-0.25, -0.2) is 4.79 Å². The largest absolute Gasteiger partial charge is 0.448 e. The van der Waals surface area contributed by atoms with E-state index in [4.69, 9.17) is 10.5 Å². The number of hydrogen-bond acceptors (Lipinski definition) is 4. The van der Waals surface area contributed by atoms with E-state index in [1.54, 1.807) is 19.2 Å². The maximum atomic E-state index is 11.6. The van der Waals surface area contributed by atoms with Crippen LogP contribution < -0.4 is 5.73 Å². The number of nitrogen functional groups attached to an aromatic ring is 1. The zero-order valence-corrected chi connectivity index (χ0v) is 9.23. The van der Waals surface area contributed by atoms with Gasteiger partial charge < -0.3 is 10.5 Å². The summed E-state index contributed by atoms with van der Waals surface area (Å²) in [5, 5.41) is 4.82. The highest BCUT2D eigenvalue weighted by Crippen LogP contribution is 2.22. The number of nitrogens with two attached hydrogens (primary N) is 1. The zero-order valence-electron chi connectivity index (χ0n) is 9.23. The maximum Gasteiger partial charge on any atom is 0.435 e. The van der Waals surface area contributed by atoms with Crippen LogP contribution in [0.1, 0.15) is 12.5 Å². The summed E-state index contributed by atoms with van der Waals surface area (Å²) < 4.78 is 6.07. The van der Waals surface area contributed by atoms with Gasteiger partial charge in [-0.15, -0.1) is 0 Å². The van der Waals surface area contributed by atoms with Crippen molar-refractivity contribution in [2.45, 2.75) is 13.8 Å². The molecule has 2 rings (SSSR count). The van der Waals surface area contributed by atoms with Crippen molar-refractivity contribution < 1.29 is 9.53 Å². The van der Waals surface area contributed by atoms with Crippen molar-refractivity contribution >= 4 is 22.7 Å². The lowest BCUT2D eigenvalue weighted by Gasteiger charge is -2.04. The molecule has 0 fully saturated rings. The van der Waals surface area contributed by atoms with Gasteiger partial charge >= 0.3 is 6.09 Å². The van der Waals surface area contributed by atoms with Gasteiger partial charge in [0.15, 0.2) is 0 Å². The van der Waals surface area contributed by atoms with E-state index >= 15 is 0 Å². The van der Waals surface area contributed by atoms with Crippen LogP contribution in [0.4, 0.5) is 10.5 Å². The molecule has 0 unspecified atom stereocenters. The Kier molecular flexibility index (Phi) is 2.52. The van der Waals surface area contributed by atoms with Crippen LogP contribution in [-0.2, 0) is 4.74 Å². The number of ether oxygens (including phenoxy) is 1. The van der Waals surface area contributed by atoms with E-state index in [2.05, 4.69) is 5.10 Å². The maximum absolute atomic E-state index is 11.6. The Hall–Kier alpha value is -2.04. The predicted molar refractivity (Wildman–Crippen MR) is 61.3 cm³/mol. The van der Waals surface area contributed by atoms with Crippen LogP contribution in [0.25, 0.3) is 10.9 Å².